The first-order valence-corrected chi connectivity index (χ1v) is 15.2. The van der Waals surface area contributed by atoms with Crippen molar-refractivity contribution in [1.82, 2.24) is 20.3 Å². The van der Waals surface area contributed by atoms with Crippen LogP contribution in [0.4, 0.5) is 4.79 Å². The van der Waals surface area contributed by atoms with E-state index in [0.29, 0.717) is 19.3 Å². The van der Waals surface area contributed by atoms with Crippen LogP contribution in [-0.4, -0.2) is 82.4 Å². The largest absolute Gasteiger partial charge is 0.465 e. The van der Waals surface area contributed by atoms with E-state index in [2.05, 4.69) is 28.5 Å². The predicted octanol–water partition coefficient (Wildman–Crippen LogP) is 1.27. The van der Waals surface area contributed by atoms with Crippen LogP contribution in [-0.2, 0) is 24.4 Å². The second-order valence-electron chi connectivity index (χ2n) is 11.9. The molecule has 5 N–H and O–H groups in total. The minimum absolute atomic E-state index is 0.117. The number of amides is 4. The van der Waals surface area contributed by atoms with Crippen molar-refractivity contribution in [3.63, 3.8) is 0 Å². The van der Waals surface area contributed by atoms with Crippen LogP contribution in [0.25, 0.3) is 0 Å². The Balaban J connectivity index is 1.77. The number of likely N-dealkylation sites (tertiary alicyclic amines) is 1. The van der Waals surface area contributed by atoms with Gasteiger partial charge in [-0.25, -0.2) is 13.2 Å². The molecule has 3 fully saturated rings. The van der Waals surface area contributed by atoms with Crippen molar-refractivity contribution in [2.45, 2.75) is 94.2 Å². The summed E-state index contributed by atoms with van der Waals surface area (Å²) < 4.78 is 26.4. The zero-order valence-electron chi connectivity index (χ0n) is 23.4. The minimum Gasteiger partial charge on any atom is -0.465 e. The molecule has 0 aromatic rings. The lowest BCUT2D eigenvalue weighted by molar-refractivity contribution is -0.142. The molecule has 40 heavy (non-hydrogen) atoms. The zero-order valence-corrected chi connectivity index (χ0v) is 24.2. The van der Waals surface area contributed by atoms with Crippen molar-refractivity contribution in [2.24, 2.45) is 17.8 Å². The van der Waals surface area contributed by atoms with Gasteiger partial charge < -0.3 is 25.7 Å². The fourth-order valence-corrected chi connectivity index (χ4v) is 6.79. The minimum atomic E-state index is -3.96. The number of aliphatic hydroxyl groups excluding tert-OH is 1. The van der Waals surface area contributed by atoms with Gasteiger partial charge in [0.05, 0.1) is 10.9 Å². The Hall–Kier alpha value is -2.93. The third kappa shape index (κ3) is 6.68. The van der Waals surface area contributed by atoms with Crippen LogP contribution in [0.5, 0.6) is 0 Å². The van der Waals surface area contributed by atoms with Gasteiger partial charge in [-0.3, -0.25) is 19.1 Å². The number of nitrogens with one attached hydrogen (secondary N) is 3. The lowest BCUT2D eigenvalue weighted by Gasteiger charge is -2.32. The van der Waals surface area contributed by atoms with Gasteiger partial charge in [-0.15, -0.1) is 13.2 Å². The smallest absolute Gasteiger partial charge is 0.405 e. The van der Waals surface area contributed by atoms with E-state index in [0.717, 1.165) is 17.7 Å². The summed E-state index contributed by atoms with van der Waals surface area (Å²) in [6.07, 6.45) is 3.82. The second-order valence-corrected chi connectivity index (χ2v) is 14.1. The van der Waals surface area contributed by atoms with Gasteiger partial charge in [0.25, 0.3) is 5.91 Å². The third-order valence-electron chi connectivity index (χ3n) is 8.50. The van der Waals surface area contributed by atoms with Gasteiger partial charge in [-0.2, -0.15) is 0 Å². The Morgan fingerprint density at radius 1 is 1.18 bits per heavy atom. The van der Waals surface area contributed by atoms with Crippen LogP contribution in [0, 0.1) is 17.8 Å². The Labute approximate surface area is 235 Å². The molecule has 13 heteroatoms. The molecule has 1 heterocycles. The molecule has 0 spiro atoms. The number of aliphatic hydroxyl groups is 1. The topological polar surface area (TPSA) is 182 Å². The molecule has 3 aliphatic rings. The molecule has 1 aliphatic heterocycles. The molecular formula is C27H42N4O8S. The number of carbonyl (C=O) groups is 4. The molecule has 3 rings (SSSR count). The highest BCUT2D eigenvalue weighted by Crippen LogP contribution is 2.47. The normalized spacial score (nSPS) is 28.9. The third-order valence-corrected chi connectivity index (χ3v) is 10.7. The van der Waals surface area contributed by atoms with Crippen LogP contribution in [0.3, 0.4) is 0 Å². The summed E-state index contributed by atoms with van der Waals surface area (Å²) in [5, 5.41) is 24.7. The quantitative estimate of drug-likeness (QED) is 0.190. The summed E-state index contributed by atoms with van der Waals surface area (Å²) in [6, 6.07) is -2.34. The first kappa shape index (κ1) is 31.6. The number of allylic oxidation sites excluding steroid dienone is 1. The molecule has 0 aromatic carbocycles. The molecule has 0 aromatic heterocycles. The average molecular weight is 583 g/mol. The SMILES string of the molecule is C=CCCC(C)C[C@@H](C)[C@H](NC(=O)O)C(=O)N1C[C@H](O)C[C@H]1C(=O)N[C@]1(C(=O)NS(=O)(=O)C2(C)CC2)C[C@H]1C=C. The molecule has 0 bridgehead atoms. The Kier molecular flexibility index (Phi) is 9.40. The summed E-state index contributed by atoms with van der Waals surface area (Å²) in [4.78, 5) is 53.0. The second kappa shape index (κ2) is 11.9. The summed E-state index contributed by atoms with van der Waals surface area (Å²) in [6.45, 7) is 12.5. The number of rotatable bonds is 14. The number of hydrogen-bond donors (Lipinski definition) is 5. The molecule has 7 atom stereocenters. The summed E-state index contributed by atoms with van der Waals surface area (Å²) in [5.41, 5.74) is -1.55. The molecular weight excluding hydrogens is 540 g/mol. The molecule has 1 saturated heterocycles. The van der Waals surface area contributed by atoms with Gasteiger partial charge in [0.1, 0.15) is 17.6 Å². The maximum atomic E-state index is 13.6. The number of nitrogens with zero attached hydrogens (tertiary/aromatic N) is 1. The van der Waals surface area contributed by atoms with Gasteiger partial charge in [0, 0.05) is 18.9 Å². The first-order valence-electron chi connectivity index (χ1n) is 13.7. The van der Waals surface area contributed by atoms with Gasteiger partial charge in [0.15, 0.2) is 0 Å². The fourth-order valence-electron chi connectivity index (χ4n) is 5.47. The molecule has 224 valence electrons. The number of carbonyl (C=O) groups excluding carboxylic acids is 3. The molecule has 1 unspecified atom stereocenters. The van der Waals surface area contributed by atoms with E-state index in [1.807, 2.05) is 6.92 Å². The van der Waals surface area contributed by atoms with Gasteiger partial charge >= 0.3 is 6.09 Å². The maximum absolute atomic E-state index is 13.6. The number of hydrogen-bond acceptors (Lipinski definition) is 7. The van der Waals surface area contributed by atoms with E-state index >= 15 is 0 Å². The van der Waals surface area contributed by atoms with Crippen molar-refractivity contribution in [3.8, 4) is 0 Å². The van der Waals surface area contributed by atoms with Crippen LogP contribution >= 0.6 is 0 Å². The van der Waals surface area contributed by atoms with Gasteiger partial charge in [0.2, 0.25) is 21.8 Å². The average Bonchev–Trinajstić information content (AvgIpc) is 3.76. The van der Waals surface area contributed by atoms with E-state index in [1.54, 1.807) is 13.0 Å². The Morgan fingerprint density at radius 3 is 2.35 bits per heavy atom. The Bertz CT molecular complexity index is 1150. The van der Waals surface area contributed by atoms with E-state index in [4.69, 9.17) is 0 Å². The predicted molar refractivity (Wildman–Crippen MR) is 147 cm³/mol. The van der Waals surface area contributed by atoms with Crippen LogP contribution < -0.4 is 15.4 Å². The highest BCUT2D eigenvalue weighted by molar-refractivity contribution is 7.91. The van der Waals surface area contributed by atoms with E-state index < -0.39 is 74.1 Å². The van der Waals surface area contributed by atoms with E-state index in [1.165, 1.54) is 13.0 Å². The monoisotopic (exact) mass is 582 g/mol. The lowest BCUT2D eigenvalue weighted by Crippen LogP contribution is -2.59. The molecule has 2 aliphatic carbocycles. The van der Waals surface area contributed by atoms with Crippen LogP contribution in [0.1, 0.15) is 65.7 Å². The van der Waals surface area contributed by atoms with Crippen molar-refractivity contribution in [1.29, 1.82) is 0 Å². The summed E-state index contributed by atoms with van der Waals surface area (Å²) in [7, 11) is -3.96. The maximum Gasteiger partial charge on any atom is 0.405 e. The van der Waals surface area contributed by atoms with Crippen LogP contribution in [0.2, 0.25) is 0 Å². The number of β-amino-alcohol motifs (C(OH)–C–C–N with tert-alkyl or cyclic N) is 1. The molecule has 2 saturated carbocycles. The molecule has 12 nitrogen and oxygen atoms in total. The highest BCUT2D eigenvalue weighted by atomic mass is 32.2. The van der Waals surface area contributed by atoms with Crippen LogP contribution in [0.15, 0.2) is 25.3 Å². The Morgan fingerprint density at radius 2 is 1.82 bits per heavy atom. The van der Waals surface area contributed by atoms with Gasteiger partial charge in [-0.1, -0.05) is 26.0 Å². The standard InChI is InChI=1S/C27H42N4O8S/c1-6-8-9-16(3)12-17(4)21(28-25(36)37)23(34)31-15-19(32)13-20(31)22(33)29-27(14-18(27)7-2)24(35)30-40(38,39)26(5)10-11-26/h6-7,16-21,28,32H,1-2,8-15H2,3-5H3,(H,29,33)(H,30,35)(H,36,37)/t16?,17-,18-,19-,20+,21+,27-/m1/s1. The zero-order chi connectivity index (χ0) is 30.0. The van der Waals surface area contributed by atoms with Crippen molar-refractivity contribution in [3.05, 3.63) is 25.3 Å². The number of sulfonamides is 1. The fraction of sp³-hybridized carbons (Fsp3) is 0.704. The summed E-state index contributed by atoms with van der Waals surface area (Å²) in [5.74, 6) is -3.01. The van der Waals surface area contributed by atoms with E-state index in [-0.39, 0.29) is 25.3 Å². The summed E-state index contributed by atoms with van der Waals surface area (Å²) >= 11 is 0. The van der Waals surface area contributed by atoms with Crippen molar-refractivity contribution in [2.75, 3.05) is 6.54 Å². The first-order chi connectivity index (χ1) is 18.6. The van der Waals surface area contributed by atoms with Crippen molar-refractivity contribution >= 4 is 33.8 Å². The van der Waals surface area contributed by atoms with Gasteiger partial charge in [-0.05, 0) is 57.3 Å². The molecule has 0 radical (unpaired) electrons. The van der Waals surface area contributed by atoms with Crippen molar-refractivity contribution < 1.29 is 37.8 Å². The molecule has 4 amide bonds. The number of carboxylic acid groups (broad SMARTS) is 1. The van der Waals surface area contributed by atoms with E-state index in [9.17, 15) is 37.8 Å². The lowest BCUT2D eigenvalue weighted by atomic mass is 9.88. The highest BCUT2D eigenvalue weighted by Gasteiger charge is 2.63.